The van der Waals surface area contributed by atoms with E-state index < -0.39 is 11.6 Å². The fraction of sp³-hybridized carbons (Fsp3) is 0.263. The molecule has 11 heteroatoms. The van der Waals surface area contributed by atoms with Crippen molar-refractivity contribution in [1.29, 1.82) is 0 Å². The minimum absolute atomic E-state index is 0.343. The molecule has 7 nitrogen and oxygen atoms in total. The van der Waals surface area contributed by atoms with E-state index in [1.165, 1.54) is 12.1 Å². The van der Waals surface area contributed by atoms with Crippen molar-refractivity contribution in [3.05, 3.63) is 53.6 Å². The SMILES string of the molecule is Cc1ccc(-n2nnnc2SC(C)C(=O)Nc2ccc(OC(F)(F)F)cc2)cc1C. The maximum absolute atomic E-state index is 12.5. The predicted molar refractivity (Wildman–Crippen MR) is 106 cm³/mol. The maximum Gasteiger partial charge on any atom is 0.573 e. The number of anilines is 1. The van der Waals surface area contributed by atoms with E-state index in [1.807, 2.05) is 32.0 Å². The van der Waals surface area contributed by atoms with Crippen molar-refractivity contribution in [2.45, 2.75) is 37.5 Å². The minimum Gasteiger partial charge on any atom is -0.406 e. The molecule has 3 aromatic rings. The molecule has 0 radical (unpaired) electrons. The lowest BCUT2D eigenvalue weighted by molar-refractivity contribution is -0.274. The molecular formula is C19H18F3N5O2S. The van der Waals surface area contributed by atoms with E-state index >= 15 is 0 Å². The van der Waals surface area contributed by atoms with Crippen LogP contribution >= 0.6 is 11.8 Å². The zero-order valence-corrected chi connectivity index (χ0v) is 17.1. The van der Waals surface area contributed by atoms with Gasteiger partial charge >= 0.3 is 6.36 Å². The van der Waals surface area contributed by atoms with E-state index in [1.54, 1.807) is 11.6 Å². The first-order valence-electron chi connectivity index (χ1n) is 8.82. The Bertz CT molecular complexity index is 1040. The number of hydrogen-bond acceptors (Lipinski definition) is 6. The van der Waals surface area contributed by atoms with Crippen LogP contribution in [0.2, 0.25) is 0 Å². The van der Waals surface area contributed by atoms with Crippen LogP contribution in [-0.2, 0) is 4.79 Å². The predicted octanol–water partition coefficient (Wildman–Crippen LogP) is 4.30. The van der Waals surface area contributed by atoms with Gasteiger partial charge in [0.15, 0.2) is 0 Å². The molecule has 0 aliphatic carbocycles. The molecular weight excluding hydrogens is 419 g/mol. The molecule has 1 unspecified atom stereocenters. The number of nitrogens with zero attached hydrogens (tertiary/aromatic N) is 4. The van der Waals surface area contributed by atoms with Crippen molar-refractivity contribution >= 4 is 23.4 Å². The number of ether oxygens (including phenoxy) is 1. The van der Waals surface area contributed by atoms with Gasteiger partial charge < -0.3 is 10.1 Å². The molecule has 1 atom stereocenters. The monoisotopic (exact) mass is 437 g/mol. The number of carbonyl (C=O) groups excluding carboxylic acids is 1. The van der Waals surface area contributed by atoms with Gasteiger partial charge in [0, 0.05) is 5.69 Å². The molecule has 0 saturated heterocycles. The molecule has 0 aliphatic heterocycles. The molecule has 1 amide bonds. The highest BCUT2D eigenvalue weighted by molar-refractivity contribution is 8.00. The number of thioether (sulfide) groups is 1. The number of carbonyl (C=O) groups is 1. The zero-order chi connectivity index (χ0) is 21.9. The molecule has 0 aliphatic rings. The Morgan fingerprint density at radius 2 is 1.83 bits per heavy atom. The number of alkyl halides is 3. The summed E-state index contributed by atoms with van der Waals surface area (Å²) in [5, 5.41) is 14.2. The fourth-order valence-electron chi connectivity index (χ4n) is 2.47. The second-order valence-electron chi connectivity index (χ2n) is 6.46. The van der Waals surface area contributed by atoms with E-state index in [4.69, 9.17) is 0 Å². The molecule has 1 aromatic heterocycles. The van der Waals surface area contributed by atoms with Crippen LogP contribution < -0.4 is 10.1 Å². The first-order chi connectivity index (χ1) is 14.1. The first-order valence-corrected chi connectivity index (χ1v) is 9.70. The highest BCUT2D eigenvalue weighted by Gasteiger charge is 2.31. The number of aryl methyl sites for hydroxylation is 2. The Balaban J connectivity index is 1.65. The van der Waals surface area contributed by atoms with Crippen molar-refractivity contribution in [3.8, 4) is 11.4 Å². The topological polar surface area (TPSA) is 81.9 Å². The molecule has 2 aromatic carbocycles. The van der Waals surface area contributed by atoms with Crippen molar-refractivity contribution in [2.75, 3.05) is 5.32 Å². The largest absolute Gasteiger partial charge is 0.573 e. The minimum atomic E-state index is -4.77. The molecule has 0 saturated carbocycles. The van der Waals surface area contributed by atoms with Crippen LogP contribution in [0.3, 0.4) is 0 Å². The molecule has 0 bridgehead atoms. The first kappa shape index (κ1) is 21.6. The Morgan fingerprint density at radius 3 is 2.47 bits per heavy atom. The maximum atomic E-state index is 12.5. The third-order valence-corrected chi connectivity index (χ3v) is 5.22. The van der Waals surface area contributed by atoms with Crippen LogP contribution in [-0.4, -0.2) is 37.7 Å². The number of benzene rings is 2. The summed E-state index contributed by atoms with van der Waals surface area (Å²) in [5.74, 6) is -0.713. The number of amides is 1. The standard InChI is InChI=1S/C19H18F3N5O2S/c1-11-4-7-15(10-12(11)2)27-18(24-25-26-27)30-13(3)17(28)23-14-5-8-16(9-6-14)29-19(20,21)22/h4-10,13H,1-3H3,(H,23,28). The van der Waals surface area contributed by atoms with Gasteiger partial charge in [-0.3, -0.25) is 4.79 Å². The van der Waals surface area contributed by atoms with Gasteiger partial charge in [0.1, 0.15) is 5.75 Å². The average Bonchev–Trinajstić information content (AvgIpc) is 3.12. The number of halogens is 3. The number of hydrogen-bond donors (Lipinski definition) is 1. The van der Waals surface area contributed by atoms with Gasteiger partial charge in [-0.1, -0.05) is 17.8 Å². The van der Waals surface area contributed by atoms with Crippen LogP contribution in [0.15, 0.2) is 47.6 Å². The Kier molecular flexibility index (Phi) is 6.30. The van der Waals surface area contributed by atoms with Gasteiger partial charge in [-0.2, -0.15) is 4.68 Å². The lowest BCUT2D eigenvalue weighted by Gasteiger charge is -2.13. The normalized spacial score (nSPS) is 12.5. The lowest BCUT2D eigenvalue weighted by atomic mass is 10.1. The van der Waals surface area contributed by atoms with Gasteiger partial charge in [0.25, 0.3) is 0 Å². The van der Waals surface area contributed by atoms with Crippen LogP contribution in [0.1, 0.15) is 18.1 Å². The second-order valence-corrected chi connectivity index (χ2v) is 7.77. The third kappa shape index (κ3) is 5.50. The second kappa shape index (κ2) is 8.74. The Morgan fingerprint density at radius 1 is 1.13 bits per heavy atom. The summed E-state index contributed by atoms with van der Waals surface area (Å²) < 4.78 is 42.0. The van der Waals surface area contributed by atoms with Crippen molar-refractivity contribution in [3.63, 3.8) is 0 Å². The molecule has 1 N–H and O–H groups in total. The smallest absolute Gasteiger partial charge is 0.406 e. The number of rotatable bonds is 6. The third-order valence-electron chi connectivity index (χ3n) is 4.18. The Labute approximate surface area is 174 Å². The number of nitrogens with one attached hydrogen (secondary N) is 1. The van der Waals surface area contributed by atoms with Crippen LogP contribution in [0.4, 0.5) is 18.9 Å². The van der Waals surface area contributed by atoms with Gasteiger partial charge in [-0.05, 0) is 78.7 Å². The molecule has 3 rings (SSSR count). The molecule has 0 fully saturated rings. The molecule has 1 heterocycles. The highest BCUT2D eigenvalue weighted by Crippen LogP contribution is 2.26. The zero-order valence-electron chi connectivity index (χ0n) is 16.3. The van der Waals surface area contributed by atoms with E-state index in [2.05, 4.69) is 25.6 Å². The van der Waals surface area contributed by atoms with Gasteiger partial charge in [0.05, 0.1) is 10.9 Å². The lowest BCUT2D eigenvalue weighted by Crippen LogP contribution is -2.23. The van der Waals surface area contributed by atoms with Crippen LogP contribution in [0.25, 0.3) is 5.69 Å². The number of aromatic nitrogens is 4. The van der Waals surface area contributed by atoms with Gasteiger partial charge in [-0.25, -0.2) is 0 Å². The number of tetrazole rings is 1. The summed E-state index contributed by atoms with van der Waals surface area (Å²) in [6, 6.07) is 10.7. The summed E-state index contributed by atoms with van der Waals surface area (Å²) in [7, 11) is 0. The molecule has 0 spiro atoms. The van der Waals surface area contributed by atoms with Crippen LogP contribution in [0, 0.1) is 13.8 Å². The highest BCUT2D eigenvalue weighted by atomic mass is 32.2. The van der Waals surface area contributed by atoms with E-state index in [-0.39, 0.29) is 11.7 Å². The van der Waals surface area contributed by atoms with Crippen molar-refractivity contribution in [2.24, 2.45) is 0 Å². The van der Waals surface area contributed by atoms with Gasteiger partial charge in [0.2, 0.25) is 11.1 Å². The van der Waals surface area contributed by atoms with E-state index in [9.17, 15) is 18.0 Å². The Hall–Kier alpha value is -3.08. The summed E-state index contributed by atoms with van der Waals surface area (Å²) in [4.78, 5) is 12.5. The quantitative estimate of drug-likeness (QED) is 0.579. The van der Waals surface area contributed by atoms with E-state index in [0.717, 1.165) is 40.7 Å². The average molecular weight is 437 g/mol. The fourth-order valence-corrected chi connectivity index (χ4v) is 3.27. The van der Waals surface area contributed by atoms with E-state index in [0.29, 0.717) is 10.8 Å². The summed E-state index contributed by atoms with van der Waals surface area (Å²) in [5.41, 5.74) is 3.34. The molecule has 158 valence electrons. The summed E-state index contributed by atoms with van der Waals surface area (Å²) >= 11 is 1.16. The van der Waals surface area contributed by atoms with Crippen molar-refractivity contribution < 1.29 is 22.7 Å². The van der Waals surface area contributed by atoms with Crippen LogP contribution in [0.5, 0.6) is 5.75 Å². The molecule has 30 heavy (non-hydrogen) atoms. The van der Waals surface area contributed by atoms with Crippen molar-refractivity contribution in [1.82, 2.24) is 20.2 Å². The summed E-state index contributed by atoms with van der Waals surface area (Å²) in [6.07, 6.45) is -4.77. The van der Waals surface area contributed by atoms with Gasteiger partial charge in [-0.15, -0.1) is 18.3 Å². The summed E-state index contributed by atoms with van der Waals surface area (Å²) in [6.45, 7) is 5.67.